The van der Waals surface area contributed by atoms with E-state index in [9.17, 15) is 18.0 Å². The first-order valence-corrected chi connectivity index (χ1v) is 7.74. The minimum atomic E-state index is -4.52. The first-order chi connectivity index (χ1) is 9.82. The second-order valence-electron chi connectivity index (χ2n) is 5.04. The second-order valence-corrected chi connectivity index (χ2v) is 6.29. The van der Waals surface area contributed by atoms with E-state index in [1.807, 2.05) is 29.6 Å². The Morgan fingerprint density at radius 1 is 1.33 bits per heavy atom. The van der Waals surface area contributed by atoms with Gasteiger partial charge in [0, 0.05) is 22.7 Å². The molecule has 1 amide bonds. The molecule has 0 bridgehead atoms. The highest BCUT2D eigenvalue weighted by molar-refractivity contribution is 14.1. The molecule has 2 rings (SSSR count). The lowest BCUT2D eigenvalue weighted by Crippen LogP contribution is -2.44. The second kappa shape index (κ2) is 6.51. The zero-order valence-corrected chi connectivity index (χ0v) is 13.7. The Morgan fingerprint density at radius 3 is 2.48 bits per heavy atom. The zero-order valence-electron chi connectivity index (χ0n) is 11.5. The molecule has 0 spiro atoms. The van der Waals surface area contributed by atoms with Gasteiger partial charge < -0.3 is 10.2 Å². The van der Waals surface area contributed by atoms with Crippen LogP contribution in [0.5, 0.6) is 0 Å². The minimum Gasteiger partial charge on any atom is -0.339 e. The highest BCUT2D eigenvalue weighted by atomic mass is 127. The first-order valence-electron chi connectivity index (χ1n) is 6.66. The van der Waals surface area contributed by atoms with Crippen molar-refractivity contribution < 1.29 is 18.0 Å². The molecule has 0 atom stereocenters. The molecule has 0 aromatic heterocycles. The van der Waals surface area contributed by atoms with Crippen LogP contribution in [0.4, 0.5) is 13.2 Å². The van der Waals surface area contributed by atoms with Gasteiger partial charge in [0.1, 0.15) is 0 Å². The first kappa shape index (κ1) is 16.5. The van der Waals surface area contributed by atoms with Crippen molar-refractivity contribution >= 4 is 28.5 Å². The van der Waals surface area contributed by atoms with Gasteiger partial charge in [0.25, 0.3) is 5.91 Å². The molecule has 3 nitrogen and oxygen atoms in total. The van der Waals surface area contributed by atoms with E-state index in [1.165, 1.54) is 17.0 Å². The van der Waals surface area contributed by atoms with Crippen LogP contribution in [0.1, 0.15) is 28.8 Å². The van der Waals surface area contributed by atoms with Crippen LogP contribution in [0.2, 0.25) is 0 Å². The number of alkyl halides is 3. The van der Waals surface area contributed by atoms with Gasteiger partial charge in [-0.05, 0) is 60.7 Å². The maximum absolute atomic E-state index is 13.1. The molecule has 1 aliphatic rings. The van der Waals surface area contributed by atoms with E-state index in [0.717, 1.165) is 18.9 Å². The minimum absolute atomic E-state index is 0.258. The number of rotatable bonds is 2. The molecule has 1 aromatic carbocycles. The number of nitrogens with zero attached hydrogens (tertiary/aromatic N) is 1. The molecular formula is C14H16F3IN2O. The SMILES string of the molecule is CNC1CCN(C(=O)c2ccc(I)cc2C(F)(F)F)CC1. The van der Waals surface area contributed by atoms with Crippen molar-refractivity contribution in [2.75, 3.05) is 20.1 Å². The lowest BCUT2D eigenvalue weighted by molar-refractivity contribution is -0.138. The summed E-state index contributed by atoms with van der Waals surface area (Å²) in [7, 11) is 1.85. The van der Waals surface area contributed by atoms with Crippen LogP contribution < -0.4 is 5.32 Å². The van der Waals surface area contributed by atoms with Gasteiger partial charge >= 0.3 is 6.18 Å². The van der Waals surface area contributed by atoms with Gasteiger partial charge in [0.05, 0.1) is 11.1 Å². The molecule has 0 unspecified atom stereocenters. The molecule has 1 aromatic rings. The number of halogens is 4. The number of carbonyl (C=O) groups is 1. The van der Waals surface area contributed by atoms with Crippen molar-refractivity contribution in [3.63, 3.8) is 0 Å². The Morgan fingerprint density at radius 2 is 1.95 bits per heavy atom. The fourth-order valence-electron chi connectivity index (χ4n) is 2.48. The zero-order chi connectivity index (χ0) is 15.6. The number of likely N-dealkylation sites (tertiary alicyclic amines) is 1. The molecule has 21 heavy (non-hydrogen) atoms. The summed E-state index contributed by atoms with van der Waals surface area (Å²) in [6.07, 6.45) is -3.00. The summed E-state index contributed by atoms with van der Waals surface area (Å²) in [6.45, 7) is 0.960. The standard InChI is InChI=1S/C14H16F3IN2O/c1-19-10-4-6-20(7-5-10)13(21)11-3-2-9(18)8-12(11)14(15,16)17/h2-3,8,10,19H,4-7H2,1H3. The number of carbonyl (C=O) groups excluding carboxylic acids is 1. The Labute approximate surface area is 135 Å². The molecule has 1 fully saturated rings. The van der Waals surface area contributed by atoms with Crippen LogP contribution in [0.3, 0.4) is 0 Å². The number of nitrogens with one attached hydrogen (secondary N) is 1. The van der Waals surface area contributed by atoms with Gasteiger partial charge in [-0.1, -0.05) is 0 Å². The Hall–Kier alpha value is -0.830. The van der Waals surface area contributed by atoms with Crippen LogP contribution in [0, 0.1) is 3.57 Å². The number of hydrogen-bond acceptors (Lipinski definition) is 2. The predicted octanol–water partition coefficient (Wildman–Crippen LogP) is 3.13. The van der Waals surface area contributed by atoms with E-state index in [4.69, 9.17) is 0 Å². The fraction of sp³-hybridized carbons (Fsp3) is 0.500. The highest BCUT2D eigenvalue weighted by Crippen LogP contribution is 2.34. The van der Waals surface area contributed by atoms with Gasteiger partial charge in [0.15, 0.2) is 0 Å². The summed E-state index contributed by atoms with van der Waals surface area (Å²) in [4.78, 5) is 13.9. The van der Waals surface area contributed by atoms with Crippen LogP contribution in [0.15, 0.2) is 18.2 Å². The normalized spacial score (nSPS) is 17.1. The third-order valence-electron chi connectivity index (χ3n) is 3.71. The van der Waals surface area contributed by atoms with Crippen molar-refractivity contribution in [2.24, 2.45) is 0 Å². The molecule has 1 aliphatic heterocycles. The maximum atomic E-state index is 13.1. The maximum Gasteiger partial charge on any atom is 0.417 e. The molecule has 0 saturated carbocycles. The van der Waals surface area contributed by atoms with Crippen molar-refractivity contribution in [1.82, 2.24) is 10.2 Å². The van der Waals surface area contributed by atoms with Crippen LogP contribution >= 0.6 is 22.6 Å². The van der Waals surface area contributed by atoms with Gasteiger partial charge in [-0.2, -0.15) is 13.2 Å². The quantitative estimate of drug-likeness (QED) is 0.758. The predicted molar refractivity (Wildman–Crippen MR) is 82.1 cm³/mol. The van der Waals surface area contributed by atoms with E-state index in [2.05, 4.69) is 5.32 Å². The van der Waals surface area contributed by atoms with E-state index in [1.54, 1.807) is 0 Å². The molecule has 1 saturated heterocycles. The van der Waals surface area contributed by atoms with Crippen LogP contribution in [-0.4, -0.2) is 37.0 Å². The molecule has 1 heterocycles. The molecule has 0 aliphatic carbocycles. The summed E-state index contributed by atoms with van der Waals surface area (Å²) in [5.41, 5.74) is -1.11. The van der Waals surface area contributed by atoms with E-state index >= 15 is 0 Å². The fourth-order valence-corrected chi connectivity index (χ4v) is 2.97. The van der Waals surface area contributed by atoms with Crippen molar-refractivity contribution in [3.8, 4) is 0 Å². The van der Waals surface area contributed by atoms with E-state index in [0.29, 0.717) is 22.7 Å². The number of hydrogen-bond donors (Lipinski definition) is 1. The molecular weight excluding hydrogens is 396 g/mol. The van der Waals surface area contributed by atoms with Gasteiger partial charge in [0.2, 0.25) is 0 Å². The summed E-state index contributed by atoms with van der Waals surface area (Å²) >= 11 is 1.81. The van der Waals surface area contributed by atoms with Gasteiger partial charge in [-0.25, -0.2) is 0 Å². The third-order valence-corrected chi connectivity index (χ3v) is 4.38. The number of benzene rings is 1. The Balaban J connectivity index is 2.24. The lowest BCUT2D eigenvalue weighted by atomic mass is 10.0. The van der Waals surface area contributed by atoms with E-state index < -0.39 is 17.6 Å². The topological polar surface area (TPSA) is 32.3 Å². The Bertz CT molecular complexity index is 525. The summed E-state index contributed by atoms with van der Waals surface area (Å²) < 4.78 is 39.7. The van der Waals surface area contributed by atoms with Crippen molar-refractivity contribution in [3.05, 3.63) is 32.9 Å². The van der Waals surface area contributed by atoms with Gasteiger partial charge in [-0.15, -0.1) is 0 Å². The van der Waals surface area contributed by atoms with Gasteiger partial charge in [-0.3, -0.25) is 4.79 Å². The average molecular weight is 412 g/mol. The smallest absolute Gasteiger partial charge is 0.339 e. The largest absolute Gasteiger partial charge is 0.417 e. The third kappa shape index (κ3) is 3.88. The summed E-state index contributed by atoms with van der Waals surface area (Å²) in [5, 5.41) is 3.13. The monoisotopic (exact) mass is 412 g/mol. The number of amides is 1. The van der Waals surface area contributed by atoms with Crippen molar-refractivity contribution in [2.45, 2.75) is 25.1 Å². The highest BCUT2D eigenvalue weighted by Gasteiger charge is 2.36. The Kier molecular flexibility index (Phi) is 5.13. The lowest BCUT2D eigenvalue weighted by Gasteiger charge is -2.32. The average Bonchev–Trinajstić information content (AvgIpc) is 2.45. The number of piperidine rings is 1. The molecule has 116 valence electrons. The molecule has 7 heteroatoms. The van der Waals surface area contributed by atoms with E-state index in [-0.39, 0.29) is 5.56 Å². The van der Waals surface area contributed by atoms with Crippen molar-refractivity contribution in [1.29, 1.82) is 0 Å². The molecule has 1 N–H and O–H groups in total. The summed E-state index contributed by atoms with van der Waals surface area (Å²) in [5.74, 6) is -0.534. The molecule has 0 radical (unpaired) electrons. The van der Waals surface area contributed by atoms with Crippen LogP contribution in [-0.2, 0) is 6.18 Å². The van der Waals surface area contributed by atoms with Crippen LogP contribution in [0.25, 0.3) is 0 Å². The summed E-state index contributed by atoms with van der Waals surface area (Å²) in [6, 6.07) is 4.15.